The normalized spacial score (nSPS) is 20.5. The van der Waals surface area contributed by atoms with Crippen LogP contribution in [0.4, 0.5) is 9.93 Å². The monoisotopic (exact) mass is 336 g/mol. The number of urea groups is 1. The van der Waals surface area contributed by atoms with Crippen LogP contribution < -0.4 is 10.6 Å². The molecule has 4 amide bonds. The van der Waals surface area contributed by atoms with Crippen LogP contribution in [0.3, 0.4) is 0 Å². The van der Waals surface area contributed by atoms with Gasteiger partial charge in [-0.2, -0.15) is 0 Å². The summed E-state index contributed by atoms with van der Waals surface area (Å²) in [6.07, 6.45) is 3.98. The van der Waals surface area contributed by atoms with E-state index in [0.717, 1.165) is 29.8 Å². The van der Waals surface area contributed by atoms with Crippen LogP contribution in [-0.4, -0.2) is 39.8 Å². The highest BCUT2D eigenvalue weighted by molar-refractivity contribution is 7.15. The van der Waals surface area contributed by atoms with Crippen molar-refractivity contribution in [2.24, 2.45) is 0 Å². The number of amides is 4. The second-order valence-electron chi connectivity index (χ2n) is 6.15. The molecule has 2 N–H and O–H groups in total. The lowest BCUT2D eigenvalue weighted by Crippen LogP contribution is -2.69. The van der Waals surface area contributed by atoms with Crippen LogP contribution in [0.25, 0.3) is 0 Å². The summed E-state index contributed by atoms with van der Waals surface area (Å²) in [4.78, 5) is 43.6. The molecule has 0 aromatic carbocycles. The second-order valence-corrected chi connectivity index (χ2v) is 7.35. The molecule has 1 aromatic rings. The number of hydrogen-bond donors (Lipinski definition) is 2. The summed E-state index contributed by atoms with van der Waals surface area (Å²) < 4.78 is 0. The molecule has 0 unspecified atom stereocenters. The van der Waals surface area contributed by atoms with Crippen molar-refractivity contribution in [2.45, 2.75) is 51.5 Å². The Kier molecular flexibility index (Phi) is 4.09. The van der Waals surface area contributed by atoms with E-state index in [9.17, 15) is 14.4 Å². The predicted octanol–water partition coefficient (Wildman–Crippen LogP) is 1.95. The van der Waals surface area contributed by atoms with Gasteiger partial charge < -0.3 is 4.90 Å². The number of imide groups is 1. The molecule has 1 saturated heterocycles. The molecule has 0 radical (unpaired) electrons. The van der Waals surface area contributed by atoms with Gasteiger partial charge in [0.15, 0.2) is 5.13 Å². The number of rotatable bonds is 1. The van der Waals surface area contributed by atoms with Gasteiger partial charge in [0, 0.05) is 4.88 Å². The number of anilines is 1. The lowest BCUT2D eigenvalue weighted by Gasteiger charge is -2.46. The molecule has 1 aromatic heterocycles. The highest BCUT2D eigenvalue weighted by Crippen LogP contribution is 2.36. The van der Waals surface area contributed by atoms with E-state index in [1.807, 2.05) is 13.8 Å². The number of carbonyl (C=O) groups is 3. The average molecular weight is 336 g/mol. The molecule has 7 nitrogen and oxygen atoms in total. The summed E-state index contributed by atoms with van der Waals surface area (Å²) in [6, 6.07) is -0.427. The molecular formula is C15H20N4O3S. The third-order valence-corrected chi connectivity index (χ3v) is 5.65. The molecule has 2 heterocycles. The molecule has 8 heteroatoms. The van der Waals surface area contributed by atoms with E-state index in [4.69, 9.17) is 0 Å². The quantitative estimate of drug-likeness (QED) is 0.767. The van der Waals surface area contributed by atoms with Crippen LogP contribution in [0.5, 0.6) is 0 Å². The third kappa shape index (κ3) is 2.83. The fourth-order valence-corrected chi connectivity index (χ4v) is 4.09. The average Bonchev–Trinajstić information content (AvgIpc) is 2.82. The smallest absolute Gasteiger partial charge is 0.300 e. The second kappa shape index (κ2) is 5.92. The van der Waals surface area contributed by atoms with Gasteiger partial charge in [0.05, 0.1) is 5.69 Å². The van der Waals surface area contributed by atoms with E-state index in [2.05, 4.69) is 15.6 Å². The maximum atomic E-state index is 12.7. The summed E-state index contributed by atoms with van der Waals surface area (Å²) in [6.45, 7) is 3.71. The van der Waals surface area contributed by atoms with Gasteiger partial charge in [-0.1, -0.05) is 19.3 Å². The summed E-state index contributed by atoms with van der Waals surface area (Å²) in [5.41, 5.74) is -0.0393. The molecule has 2 aliphatic rings. The minimum Gasteiger partial charge on any atom is -0.300 e. The van der Waals surface area contributed by atoms with E-state index < -0.39 is 17.5 Å². The molecule has 0 atom stereocenters. The van der Waals surface area contributed by atoms with E-state index in [1.54, 1.807) is 0 Å². The highest BCUT2D eigenvalue weighted by Gasteiger charge is 2.51. The Bertz CT molecular complexity index is 644. The maximum Gasteiger partial charge on any atom is 0.325 e. The number of aryl methyl sites for hydroxylation is 2. The van der Waals surface area contributed by atoms with Crippen molar-refractivity contribution in [1.82, 2.24) is 15.2 Å². The summed E-state index contributed by atoms with van der Waals surface area (Å²) in [5.74, 6) is -0.789. The molecular weight excluding hydrogens is 316 g/mol. The summed E-state index contributed by atoms with van der Waals surface area (Å²) in [7, 11) is 0. The van der Waals surface area contributed by atoms with Crippen molar-refractivity contribution in [3.05, 3.63) is 10.6 Å². The molecule has 3 rings (SSSR count). The van der Waals surface area contributed by atoms with Crippen molar-refractivity contribution in [3.63, 3.8) is 0 Å². The fraction of sp³-hybridized carbons (Fsp3) is 0.600. The predicted molar refractivity (Wildman–Crippen MR) is 86.3 cm³/mol. The van der Waals surface area contributed by atoms with E-state index >= 15 is 0 Å². The highest BCUT2D eigenvalue weighted by atomic mass is 32.1. The Morgan fingerprint density at radius 1 is 1.26 bits per heavy atom. The van der Waals surface area contributed by atoms with E-state index in [-0.39, 0.29) is 12.5 Å². The Balaban J connectivity index is 1.85. The molecule has 23 heavy (non-hydrogen) atoms. The summed E-state index contributed by atoms with van der Waals surface area (Å²) in [5, 5.41) is 5.63. The maximum absolute atomic E-state index is 12.7. The SMILES string of the molecule is Cc1nc(NC(=O)N2CC(=O)NC(=O)C23CCCCC3)sc1C. The largest absolute Gasteiger partial charge is 0.325 e. The first-order valence-corrected chi connectivity index (χ1v) is 8.61. The number of hydrogen-bond acceptors (Lipinski definition) is 5. The minimum absolute atomic E-state index is 0.0963. The first-order chi connectivity index (χ1) is 10.9. The Labute approximate surface area is 138 Å². The fourth-order valence-electron chi connectivity index (χ4n) is 3.28. The molecule has 124 valence electrons. The molecule has 1 saturated carbocycles. The lowest BCUT2D eigenvalue weighted by molar-refractivity contribution is -0.146. The number of carbonyl (C=O) groups excluding carboxylic acids is 3. The third-order valence-electron chi connectivity index (χ3n) is 4.66. The van der Waals surface area contributed by atoms with Gasteiger partial charge in [-0.05, 0) is 26.7 Å². The molecule has 2 fully saturated rings. The van der Waals surface area contributed by atoms with E-state index in [0.29, 0.717) is 18.0 Å². The first-order valence-electron chi connectivity index (χ1n) is 7.79. The number of nitrogens with one attached hydrogen (secondary N) is 2. The lowest BCUT2D eigenvalue weighted by atomic mass is 9.78. The Hall–Kier alpha value is -1.96. The summed E-state index contributed by atoms with van der Waals surface area (Å²) >= 11 is 1.39. The van der Waals surface area contributed by atoms with E-state index in [1.165, 1.54) is 16.2 Å². The molecule has 1 spiro atoms. The van der Waals surface area contributed by atoms with Gasteiger partial charge >= 0.3 is 6.03 Å². The zero-order chi connectivity index (χ0) is 16.6. The number of nitrogens with zero attached hydrogens (tertiary/aromatic N) is 2. The van der Waals surface area contributed by atoms with Crippen molar-refractivity contribution < 1.29 is 14.4 Å². The Morgan fingerprint density at radius 3 is 2.57 bits per heavy atom. The van der Waals surface area contributed by atoms with Gasteiger partial charge in [0.25, 0.3) is 5.91 Å². The van der Waals surface area contributed by atoms with Gasteiger partial charge in [0.1, 0.15) is 12.1 Å². The van der Waals surface area contributed by atoms with Gasteiger partial charge in [-0.3, -0.25) is 20.2 Å². The van der Waals surface area contributed by atoms with Gasteiger partial charge in [-0.15, -0.1) is 11.3 Å². The number of thiazole rings is 1. The molecule has 1 aliphatic carbocycles. The molecule has 0 bridgehead atoms. The van der Waals surface area contributed by atoms with Crippen LogP contribution >= 0.6 is 11.3 Å². The Morgan fingerprint density at radius 2 is 1.96 bits per heavy atom. The van der Waals surface area contributed by atoms with Gasteiger partial charge in [-0.25, -0.2) is 9.78 Å². The number of piperazine rings is 1. The van der Waals surface area contributed by atoms with Crippen LogP contribution in [0.2, 0.25) is 0 Å². The molecule has 1 aliphatic heterocycles. The zero-order valence-corrected chi connectivity index (χ0v) is 14.1. The minimum atomic E-state index is -0.905. The van der Waals surface area contributed by atoms with Crippen LogP contribution in [0.15, 0.2) is 0 Å². The zero-order valence-electron chi connectivity index (χ0n) is 13.3. The topological polar surface area (TPSA) is 91.4 Å². The van der Waals surface area contributed by atoms with Crippen LogP contribution in [0.1, 0.15) is 42.7 Å². The van der Waals surface area contributed by atoms with Crippen LogP contribution in [0, 0.1) is 13.8 Å². The number of aromatic nitrogens is 1. The van der Waals surface area contributed by atoms with Crippen molar-refractivity contribution in [2.75, 3.05) is 11.9 Å². The van der Waals surface area contributed by atoms with Gasteiger partial charge in [0.2, 0.25) is 5.91 Å². The first kappa shape index (κ1) is 15.9. The van der Waals surface area contributed by atoms with Crippen molar-refractivity contribution in [3.8, 4) is 0 Å². The van der Waals surface area contributed by atoms with Crippen molar-refractivity contribution >= 4 is 34.3 Å². The van der Waals surface area contributed by atoms with Crippen LogP contribution in [-0.2, 0) is 9.59 Å². The standard InChI is InChI=1S/C15H20N4O3S/c1-9-10(2)23-13(16-9)18-14(22)19-8-11(20)17-12(21)15(19)6-4-3-5-7-15/h3-8H2,1-2H3,(H,16,18,22)(H,17,20,21). The van der Waals surface area contributed by atoms with Crippen molar-refractivity contribution in [1.29, 1.82) is 0 Å².